The van der Waals surface area contributed by atoms with Crippen LogP contribution in [0.1, 0.15) is 0 Å². The Morgan fingerprint density at radius 1 is 0.769 bits per heavy atom. The Morgan fingerprint density at radius 3 is 1.50 bits per heavy atom. The standard InChI is InChI=1S/C23H22O2P/c1-2-18-25-23(24)19-26(20-12-6-3-7-13-20,21-14-8-4-9-15-21)22-16-10-5-11-17-22/h2-17H,1,18-19H2/q+1. The van der Waals surface area contributed by atoms with E-state index in [4.69, 9.17) is 4.74 Å². The summed E-state index contributed by atoms with van der Waals surface area (Å²) in [6.45, 7) is 3.87. The first kappa shape index (κ1) is 18.1. The molecule has 3 rings (SSSR count). The quantitative estimate of drug-likeness (QED) is 0.364. The van der Waals surface area contributed by atoms with Gasteiger partial charge in [0.1, 0.15) is 29.8 Å². The van der Waals surface area contributed by atoms with E-state index in [0.717, 1.165) is 0 Å². The lowest BCUT2D eigenvalue weighted by atomic mass is 10.4. The van der Waals surface area contributed by atoms with E-state index in [1.165, 1.54) is 15.9 Å². The van der Waals surface area contributed by atoms with E-state index in [1.807, 2.05) is 54.6 Å². The molecule has 130 valence electrons. The van der Waals surface area contributed by atoms with Gasteiger partial charge in [0.25, 0.3) is 0 Å². The number of carbonyl (C=O) groups excluding carboxylic acids is 1. The van der Waals surface area contributed by atoms with Gasteiger partial charge in [0.2, 0.25) is 0 Å². The first-order chi connectivity index (χ1) is 12.8. The van der Waals surface area contributed by atoms with Crippen LogP contribution in [0.25, 0.3) is 0 Å². The third-order valence-corrected chi connectivity index (χ3v) is 8.59. The number of ether oxygens (including phenoxy) is 1. The lowest BCUT2D eigenvalue weighted by molar-refractivity contribution is -0.139. The second kappa shape index (κ2) is 8.60. The van der Waals surface area contributed by atoms with E-state index >= 15 is 0 Å². The van der Waals surface area contributed by atoms with Crippen LogP contribution in [0.4, 0.5) is 0 Å². The van der Waals surface area contributed by atoms with Crippen molar-refractivity contribution in [1.82, 2.24) is 0 Å². The number of rotatable bonds is 7. The minimum atomic E-state index is -2.16. The van der Waals surface area contributed by atoms with Gasteiger partial charge in [-0.05, 0) is 36.4 Å². The number of benzene rings is 3. The second-order valence-corrected chi connectivity index (χ2v) is 9.43. The second-order valence-electron chi connectivity index (χ2n) is 5.95. The molecule has 0 heterocycles. The van der Waals surface area contributed by atoms with Crippen LogP contribution in [-0.2, 0) is 9.53 Å². The van der Waals surface area contributed by atoms with Crippen LogP contribution in [0.2, 0.25) is 0 Å². The summed E-state index contributed by atoms with van der Waals surface area (Å²) in [7, 11) is -2.16. The van der Waals surface area contributed by atoms with Crippen molar-refractivity contribution >= 4 is 29.1 Å². The molecule has 0 atom stereocenters. The summed E-state index contributed by atoms with van der Waals surface area (Å²) in [5.74, 6) is -0.199. The molecule has 0 unspecified atom stereocenters. The lowest BCUT2D eigenvalue weighted by Gasteiger charge is -2.26. The van der Waals surface area contributed by atoms with Crippen molar-refractivity contribution in [2.24, 2.45) is 0 Å². The van der Waals surface area contributed by atoms with Crippen LogP contribution in [0.5, 0.6) is 0 Å². The van der Waals surface area contributed by atoms with Gasteiger partial charge in [0, 0.05) is 0 Å². The van der Waals surface area contributed by atoms with Gasteiger partial charge in [-0.2, -0.15) is 0 Å². The maximum absolute atomic E-state index is 12.7. The van der Waals surface area contributed by atoms with Crippen LogP contribution in [0.3, 0.4) is 0 Å². The molecule has 0 radical (unpaired) electrons. The molecule has 0 spiro atoms. The van der Waals surface area contributed by atoms with Gasteiger partial charge in [0.05, 0.1) is 0 Å². The van der Waals surface area contributed by atoms with Crippen molar-refractivity contribution in [3.63, 3.8) is 0 Å². The molecule has 3 aromatic carbocycles. The van der Waals surface area contributed by atoms with Gasteiger partial charge in [-0.3, -0.25) is 0 Å². The van der Waals surface area contributed by atoms with E-state index < -0.39 is 7.26 Å². The van der Waals surface area contributed by atoms with Crippen LogP contribution in [-0.4, -0.2) is 18.7 Å². The first-order valence-corrected chi connectivity index (χ1v) is 10.6. The molecule has 0 amide bonds. The van der Waals surface area contributed by atoms with Gasteiger partial charge in [-0.25, -0.2) is 4.79 Å². The van der Waals surface area contributed by atoms with E-state index in [0.29, 0.717) is 6.16 Å². The molecule has 0 N–H and O–H groups in total. The van der Waals surface area contributed by atoms with E-state index in [-0.39, 0.29) is 12.6 Å². The summed E-state index contributed by atoms with van der Waals surface area (Å²) in [4.78, 5) is 12.7. The third-order valence-electron chi connectivity index (χ3n) is 4.32. The highest BCUT2D eigenvalue weighted by molar-refractivity contribution is 7.96. The summed E-state index contributed by atoms with van der Waals surface area (Å²) in [6, 6.07) is 30.9. The van der Waals surface area contributed by atoms with Crippen LogP contribution < -0.4 is 15.9 Å². The molecule has 3 aromatic rings. The summed E-state index contributed by atoms with van der Waals surface area (Å²) in [5.41, 5.74) is 0. The molecule has 0 aliphatic carbocycles. The number of hydrogen-bond donors (Lipinski definition) is 0. The SMILES string of the molecule is C=CCOC(=O)C[P+](c1ccccc1)(c1ccccc1)c1ccccc1. The fraction of sp³-hybridized carbons (Fsp3) is 0.0870. The predicted molar refractivity (Wildman–Crippen MR) is 111 cm³/mol. The van der Waals surface area contributed by atoms with Gasteiger partial charge in [-0.15, -0.1) is 0 Å². The fourth-order valence-electron chi connectivity index (χ4n) is 3.16. The molecule has 26 heavy (non-hydrogen) atoms. The lowest BCUT2D eigenvalue weighted by Crippen LogP contribution is -2.36. The highest BCUT2D eigenvalue weighted by Gasteiger charge is 2.47. The summed E-state index contributed by atoms with van der Waals surface area (Å²) in [6.07, 6.45) is 1.93. The van der Waals surface area contributed by atoms with Gasteiger partial charge in [0.15, 0.2) is 6.16 Å². The molecular formula is C23H22O2P+. The Bertz CT molecular complexity index is 748. The summed E-state index contributed by atoms with van der Waals surface area (Å²) < 4.78 is 5.38. The molecule has 3 heteroatoms. The van der Waals surface area contributed by atoms with Crippen LogP contribution in [0.15, 0.2) is 104 Å². The molecule has 0 saturated heterocycles. The van der Waals surface area contributed by atoms with Crippen LogP contribution >= 0.6 is 7.26 Å². The average Bonchev–Trinajstić information content (AvgIpc) is 2.72. The summed E-state index contributed by atoms with van der Waals surface area (Å²) in [5, 5.41) is 3.52. The fourth-order valence-corrected chi connectivity index (χ4v) is 7.12. The van der Waals surface area contributed by atoms with Gasteiger partial charge >= 0.3 is 5.97 Å². The highest BCUT2D eigenvalue weighted by atomic mass is 31.2. The molecule has 0 saturated carbocycles. The van der Waals surface area contributed by atoms with Crippen LogP contribution in [0, 0.1) is 0 Å². The minimum Gasteiger partial charge on any atom is -0.459 e. The number of esters is 1. The maximum Gasteiger partial charge on any atom is 0.345 e. The van der Waals surface area contributed by atoms with Gasteiger partial charge < -0.3 is 4.74 Å². The first-order valence-electron chi connectivity index (χ1n) is 8.59. The Kier molecular flexibility index (Phi) is 5.99. The Balaban J connectivity index is 2.21. The van der Waals surface area contributed by atoms with Crippen molar-refractivity contribution in [3.8, 4) is 0 Å². The Hall–Kier alpha value is -2.70. The minimum absolute atomic E-state index is 0.199. The molecule has 0 bridgehead atoms. The zero-order chi connectivity index (χ0) is 18.2. The highest BCUT2D eigenvalue weighted by Crippen LogP contribution is 2.55. The Morgan fingerprint density at radius 2 is 1.15 bits per heavy atom. The normalized spacial score (nSPS) is 10.9. The van der Waals surface area contributed by atoms with Crippen molar-refractivity contribution in [2.75, 3.05) is 12.8 Å². The molecule has 0 fully saturated rings. The number of hydrogen-bond acceptors (Lipinski definition) is 2. The van der Waals surface area contributed by atoms with E-state index in [1.54, 1.807) is 6.08 Å². The van der Waals surface area contributed by atoms with Crippen molar-refractivity contribution < 1.29 is 9.53 Å². The van der Waals surface area contributed by atoms with E-state index in [9.17, 15) is 4.79 Å². The Labute approximate surface area is 155 Å². The van der Waals surface area contributed by atoms with Crippen molar-refractivity contribution in [3.05, 3.63) is 104 Å². The third kappa shape index (κ3) is 3.76. The average molecular weight is 361 g/mol. The molecule has 0 aromatic heterocycles. The van der Waals surface area contributed by atoms with Crippen molar-refractivity contribution in [2.45, 2.75) is 0 Å². The molecule has 2 nitrogen and oxygen atoms in total. The maximum atomic E-state index is 12.7. The van der Waals surface area contributed by atoms with Crippen molar-refractivity contribution in [1.29, 1.82) is 0 Å². The van der Waals surface area contributed by atoms with E-state index in [2.05, 4.69) is 43.0 Å². The molecule has 0 aliphatic heterocycles. The zero-order valence-electron chi connectivity index (χ0n) is 14.6. The largest absolute Gasteiger partial charge is 0.459 e. The van der Waals surface area contributed by atoms with Gasteiger partial charge in [-0.1, -0.05) is 67.3 Å². The molecule has 0 aliphatic rings. The zero-order valence-corrected chi connectivity index (χ0v) is 15.5. The molecular weight excluding hydrogens is 339 g/mol. The number of carbonyl (C=O) groups is 1. The smallest absolute Gasteiger partial charge is 0.345 e. The monoisotopic (exact) mass is 361 g/mol. The summed E-state index contributed by atoms with van der Waals surface area (Å²) >= 11 is 0. The topological polar surface area (TPSA) is 26.3 Å². The predicted octanol–water partition coefficient (Wildman–Crippen LogP) is 3.71.